The summed E-state index contributed by atoms with van der Waals surface area (Å²) in [6.45, 7) is -2.87. The summed E-state index contributed by atoms with van der Waals surface area (Å²) in [5.74, 6) is 5.04. The van der Waals surface area contributed by atoms with Gasteiger partial charge in [0.05, 0.1) is 5.69 Å². The number of hydrogen-bond acceptors (Lipinski definition) is 4. The van der Waals surface area contributed by atoms with E-state index in [4.69, 9.17) is 5.84 Å². The summed E-state index contributed by atoms with van der Waals surface area (Å²) in [6, 6.07) is 5.42. The van der Waals surface area contributed by atoms with Crippen molar-refractivity contribution in [3.8, 4) is 5.75 Å². The molecule has 0 saturated heterocycles. The molecule has 0 aliphatic heterocycles. The summed E-state index contributed by atoms with van der Waals surface area (Å²) < 4.78 is 27.7. The first-order valence-electron chi connectivity index (χ1n) is 3.93. The number of ether oxygens (including phenoxy) is 1. The van der Waals surface area contributed by atoms with Crippen LogP contribution in [0.15, 0.2) is 24.3 Å². The van der Waals surface area contributed by atoms with Crippen LogP contribution in [0.4, 0.5) is 14.5 Å². The number of nitrogens with zero attached hydrogens (tertiary/aromatic N) is 1. The first-order valence-corrected chi connectivity index (χ1v) is 3.93. The van der Waals surface area contributed by atoms with Gasteiger partial charge in [-0.25, -0.2) is 5.01 Å². The smallest absolute Gasteiger partial charge is 0.387 e. The molecule has 0 aromatic heterocycles. The maximum absolute atomic E-state index is 11.8. The van der Waals surface area contributed by atoms with Gasteiger partial charge in [0.25, 0.3) is 0 Å². The van der Waals surface area contributed by atoms with Gasteiger partial charge in [0.1, 0.15) is 5.75 Å². The zero-order chi connectivity index (χ0) is 11.3. The SMILES string of the molecule is NNN(C=O)c1ccc(OC(F)F)cc1. The van der Waals surface area contributed by atoms with E-state index in [9.17, 15) is 13.6 Å². The molecule has 5 nitrogen and oxygen atoms in total. The quantitative estimate of drug-likeness (QED) is 0.431. The van der Waals surface area contributed by atoms with Gasteiger partial charge < -0.3 is 4.74 Å². The van der Waals surface area contributed by atoms with Gasteiger partial charge in [-0.15, -0.1) is 0 Å². The monoisotopic (exact) mass is 217 g/mol. The largest absolute Gasteiger partial charge is 0.435 e. The van der Waals surface area contributed by atoms with Crippen molar-refractivity contribution in [2.45, 2.75) is 6.61 Å². The number of carbonyl (C=O) groups is 1. The standard InChI is InChI=1S/C8H9F2N3O2/c9-8(10)15-7-3-1-6(2-4-7)13(5-14)12-11/h1-5,8,12H,11H2. The number of hydrazine groups is 2. The summed E-state index contributed by atoms with van der Waals surface area (Å²) in [7, 11) is 0. The molecule has 1 aromatic rings. The molecule has 0 heterocycles. The van der Waals surface area contributed by atoms with Gasteiger partial charge in [0.15, 0.2) is 0 Å². The van der Waals surface area contributed by atoms with Crippen LogP contribution >= 0.6 is 0 Å². The topological polar surface area (TPSA) is 67.6 Å². The summed E-state index contributed by atoms with van der Waals surface area (Å²) in [5.41, 5.74) is 2.52. The van der Waals surface area contributed by atoms with Gasteiger partial charge in [0, 0.05) is 0 Å². The third-order valence-electron chi connectivity index (χ3n) is 1.58. The Hall–Kier alpha value is -1.73. The fourth-order valence-corrected chi connectivity index (χ4v) is 0.954. The van der Waals surface area contributed by atoms with Gasteiger partial charge in [-0.05, 0) is 24.3 Å². The zero-order valence-corrected chi connectivity index (χ0v) is 7.56. The summed E-state index contributed by atoms with van der Waals surface area (Å²) in [6.07, 6.45) is 0.447. The van der Waals surface area contributed by atoms with Gasteiger partial charge >= 0.3 is 6.61 Å². The Balaban J connectivity index is 2.75. The first-order chi connectivity index (χ1) is 7.17. The Morgan fingerprint density at radius 3 is 2.40 bits per heavy atom. The number of nitrogens with two attached hydrogens (primary N) is 1. The second-order valence-corrected chi connectivity index (χ2v) is 2.48. The Kier molecular flexibility index (Phi) is 3.95. The fourth-order valence-electron chi connectivity index (χ4n) is 0.954. The number of nitrogens with one attached hydrogen (secondary N) is 1. The van der Waals surface area contributed by atoms with Crippen LogP contribution in [0.1, 0.15) is 0 Å². The highest BCUT2D eigenvalue weighted by Crippen LogP contribution is 2.18. The molecule has 0 aliphatic rings. The van der Waals surface area contributed by atoms with Crippen LogP contribution in [-0.4, -0.2) is 13.0 Å². The van der Waals surface area contributed by atoms with Crippen LogP contribution in [-0.2, 0) is 4.79 Å². The lowest BCUT2D eigenvalue weighted by atomic mass is 10.3. The van der Waals surface area contributed by atoms with Crippen molar-refractivity contribution >= 4 is 12.1 Å². The highest BCUT2D eigenvalue weighted by Gasteiger charge is 2.06. The minimum Gasteiger partial charge on any atom is -0.435 e. The van der Waals surface area contributed by atoms with Crippen molar-refractivity contribution in [2.24, 2.45) is 5.84 Å². The molecule has 0 bridgehead atoms. The molecule has 0 spiro atoms. The summed E-state index contributed by atoms with van der Waals surface area (Å²) in [5, 5.41) is 0.978. The predicted molar refractivity (Wildman–Crippen MR) is 48.9 cm³/mol. The second kappa shape index (κ2) is 5.23. The maximum atomic E-state index is 11.8. The van der Waals surface area contributed by atoms with Gasteiger partial charge in [-0.2, -0.15) is 14.3 Å². The van der Waals surface area contributed by atoms with Crippen LogP contribution in [0, 0.1) is 0 Å². The minimum atomic E-state index is -2.87. The normalized spacial score (nSPS) is 10.1. The lowest BCUT2D eigenvalue weighted by Gasteiger charge is -2.15. The van der Waals surface area contributed by atoms with Crippen LogP contribution in [0.2, 0.25) is 0 Å². The first kappa shape index (κ1) is 11.3. The number of anilines is 1. The number of alkyl halides is 2. The zero-order valence-electron chi connectivity index (χ0n) is 7.56. The van der Waals surface area contributed by atoms with E-state index >= 15 is 0 Å². The maximum Gasteiger partial charge on any atom is 0.387 e. The van der Waals surface area contributed by atoms with Crippen molar-refractivity contribution in [3.63, 3.8) is 0 Å². The van der Waals surface area contributed by atoms with E-state index in [1.807, 2.05) is 0 Å². The molecular formula is C8H9F2N3O2. The van der Waals surface area contributed by atoms with Crippen LogP contribution in [0.3, 0.4) is 0 Å². The molecular weight excluding hydrogens is 208 g/mol. The van der Waals surface area contributed by atoms with Crippen molar-refractivity contribution < 1.29 is 18.3 Å². The van der Waals surface area contributed by atoms with E-state index in [1.165, 1.54) is 24.3 Å². The van der Waals surface area contributed by atoms with Crippen LogP contribution in [0.25, 0.3) is 0 Å². The average molecular weight is 217 g/mol. The van der Waals surface area contributed by atoms with Gasteiger partial charge in [-0.1, -0.05) is 0 Å². The fraction of sp³-hybridized carbons (Fsp3) is 0.125. The Morgan fingerprint density at radius 1 is 1.40 bits per heavy atom. The molecule has 0 saturated carbocycles. The van der Waals surface area contributed by atoms with Crippen molar-refractivity contribution in [1.29, 1.82) is 0 Å². The Labute approximate surface area is 84.4 Å². The van der Waals surface area contributed by atoms with Gasteiger partial charge in [-0.3, -0.25) is 10.6 Å². The van der Waals surface area contributed by atoms with E-state index in [-0.39, 0.29) is 5.75 Å². The van der Waals surface area contributed by atoms with Crippen LogP contribution < -0.4 is 21.1 Å². The molecule has 0 fully saturated rings. The number of benzene rings is 1. The number of carbonyl (C=O) groups excluding carboxylic acids is 1. The van der Waals surface area contributed by atoms with E-state index in [2.05, 4.69) is 10.3 Å². The molecule has 0 aliphatic carbocycles. The minimum absolute atomic E-state index is 0.0108. The number of amides is 1. The Bertz CT molecular complexity index is 318. The molecule has 15 heavy (non-hydrogen) atoms. The summed E-state index contributed by atoms with van der Waals surface area (Å²) in [4.78, 5) is 10.4. The average Bonchev–Trinajstić information content (AvgIpc) is 2.21. The predicted octanol–water partition coefficient (Wildman–Crippen LogP) is 0.629. The van der Waals surface area contributed by atoms with Crippen molar-refractivity contribution in [2.75, 3.05) is 5.01 Å². The van der Waals surface area contributed by atoms with Crippen molar-refractivity contribution in [1.82, 2.24) is 5.53 Å². The lowest BCUT2D eigenvalue weighted by Crippen LogP contribution is -2.41. The van der Waals surface area contributed by atoms with Crippen molar-refractivity contribution in [3.05, 3.63) is 24.3 Å². The number of halogens is 2. The van der Waals surface area contributed by atoms with Crippen LogP contribution in [0.5, 0.6) is 5.75 Å². The molecule has 0 unspecified atom stereocenters. The molecule has 0 atom stereocenters. The lowest BCUT2D eigenvalue weighted by molar-refractivity contribution is -0.108. The van der Waals surface area contributed by atoms with E-state index in [0.717, 1.165) is 5.01 Å². The molecule has 0 radical (unpaired) electrons. The highest BCUT2D eigenvalue weighted by molar-refractivity contribution is 5.73. The third-order valence-corrected chi connectivity index (χ3v) is 1.58. The van der Waals surface area contributed by atoms with E-state index in [0.29, 0.717) is 12.1 Å². The van der Waals surface area contributed by atoms with Gasteiger partial charge in [0.2, 0.25) is 6.41 Å². The molecule has 1 amide bonds. The number of rotatable bonds is 5. The molecule has 3 N–H and O–H groups in total. The third kappa shape index (κ3) is 3.15. The second-order valence-electron chi connectivity index (χ2n) is 2.48. The molecule has 82 valence electrons. The summed E-state index contributed by atoms with van der Waals surface area (Å²) >= 11 is 0. The molecule has 1 rings (SSSR count). The molecule has 7 heteroatoms. The van der Waals surface area contributed by atoms with E-state index in [1.54, 1.807) is 0 Å². The number of hydrogen-bond donors (Lipinski definition) is 2. The highest BCUT2D eigenvalue weighted by atomic mass is 19.3. The Morgan fingerprint density at radius 2 is 2.00 bits per heavy atom. The molecule has 1 aromatic carbocycles. The van der Waals surface area contributed by atoms with E-state index < -0.39 is 6.61 Å².